The molecule has 0 spiro atoms. The van der Waals surface area contributed by atoms with E-state index >= 15 is 0 Å². The smallest absolute Gasteiger partial charge is 0.171 e. The van der Waals surface area contributed by atoms with Crippen molar-refractivity contribution < 1.29 is 4.74 Å². The van der Waals surface area contributed by atoms with Crippen LogP contribution >= 0.6 is 0 Å². The van der Waals surface area contributed by atoms with E-state index in [9.17, 15) is 0 Å². The Labute approximate surface area is 49.0 Å². The maximum atomic E-state index is 4.91. The molecule has 1 aliphatic rings. The molecule has 8 heavy (non-hydrogen) atoms. The maximum Gasteiger partial charge on any atom is 0.171 e. The third-order valence-corrected chi connectivity index (χ3v) is 1.02. The second kappa shape index (κ2) is 2.13. The summed E-state index contributed by atoms with van der Waals surface area (Å²) in [7, 11) is 3.51. The van der Waals surface area contributed by atoms with Crippen LogP contribution in [0.2, 0.25) is 0 Å². The number of hydrogen-bond donors (Lipinski definition) is 0. The summed E-state index contributed by atoms with van der Waals surface area (Å²) in [5.74, 6) is 0. The molecule has 3 heteroatoms. The van der Waals surface area contributed by atoms with Crippen LogP contribution in [0.4, 0.5) is 0 Å². The van der Waals surface area contributed by atoms with E-state index in [0.717, 1.165) is 0 Å². The molecule has 0 bridgehead atoms. The largest absolute Gasteiger partial charge is 0.359 e. The Bertz CT molecular complexity index is 103. The van der Waals surface area contributed by atoms with Gasteiger partial charge in [0.15, 0.2) is 12.8 Å². The molecule has 0 aromatic heterocycles. The van der Waals surface area contributed by atoms with Crippen molar-refractivity contribution in [2.75, 3.05) is 14.2 Å². The summed E-state index contributed by atoms with van der Waals surface area (Å²) in [5.41, 5.74) is 0. The minimum Gasteiger partial charge on any atom is -0.359 e. The third-order valence-electron chi connectivity index (χ3n) is 1.02. The lowest BCUT2D eigenvalue weighted by molar-refractivity contribution is 0.0559. The number of nitrogens with zero attached hydrogens (tertiary/aromatic N) is 2. The molecule has 0 saturated heterocycles. The normalized spacial score (nSPS) is 27.2. The molecular formula is C5H8N2O. The summed E-state index contributed by atoms with van der Waals surface area (Å²) < 4.78 is 4.91. The summed E-state index contributed by atoms with van der Waals surface area (Å²) >= 11 is 0. The molecule has 0 fully saturated rings. The van der Waals surface area contributed by atoms with E-state index in [0.29, 0.717) is 0 Å². The van der Waals surface area contributed by atoms with Crippen molar-refractivity contribution >= 4 is 6.34 Å². The second-order valence-electron chi connectivity index (χ2n) is 1.63. The van der Waals surface area contributed by atoms with Gasteiger partial charge in [-0.1, -0.05) is 0 Å². The number of hydrogen-bond acceptors (Lipinski definition) is 3. The van der Waals surface area contributed by atoms with Crippen LogP contribution in [-0.4, -0.2) is 31.6 Å². The highest BCUT2D eigenvalue weighted by atomic mass is 16.5. The molecule has 44 valence electrons. The van der Waals surface area contributed by atoms with Gasteiger partial charge in [0.05, 0.1) is 6.34 Å². The Balaban J connectivity index is 2.38. The van der Waals surface area contributed by atoms with Gasteiger partial charge in [-0.2, -0.15) is 0 Å². The molecule has 0 N–H and O–H groups in total. The van der Waals surface area contributed by atoms with Gasteiger partial charge in [-0.3, -0.25) is 4.99 Å². The van der Waals surface area contributed by atoms with Crippen molar-refractivity contribution in [2.24, 2.45) is 4.99 Å². The van der Waals surface area contributed by atoms with Gasteiger partial charge in [0.1, 0.15) is 0 Å². The summed E-state index contributed by atoms with van der Waals surface area (Å²) in [6.07, 6.45) is 1.60. The van der Waals surface area contributed by atoms with Crippen LogP contribution in [0, 0.1) is 6.54 Å². The van der Waals surface area contributed by atoms with Crippen LogP contribution in [0.5, 0.6) is 0 Å². The summed E-state index contributed by atoms with van der Waals surface area (Å²) in [5, 5.41) is 0. The maximum absolute atomic E-state index is 4.91. The first-order valence-electron chi connectivity index (χ1n) is 2.38. The van der Waals surface area contributed by atoms with Gasteiger partial charge >= 0.3 is 0 Å². The van der Waals surface area contributed by atoms with Crippen molar-refractivity contribution in [1.82, 2.24) is 4.90 Å². The van der Waals surface area contributed by atoms with Gasteiger partial charge < -0.3 is 9.64 Å². The fraction of sp³-hybridized carbons (Fsp3) is 0.600. The number of aliphatic imine (C=N–C) groups is 1. The average molecular weight is 112 g/mol. The van der Waals surface area contributed by atoms with Crippen LogP contribution in [0.1, 0.15) is 0 Å². The highest BCUT2D eigenvalue weighted by molar-refractivity contribution is 5.58. The molecule has 0 aromatic carbocycles. The van der Waals surface area contributed by atoms with E-state index in [1.807, 2.05) is 11.9 Å². The van der Waals surface area contributed by atoms with E-state index in [1.165, 1.54) is 0 Å². The lowest BCUT2D eigenvalue weighted by atomic mass is 10.6. The van der Waals surface area contributed by atoms with Crippen LogP contribution in [0.15, 0.2) is 4.99 Å². The first kappa shape index (κ1) is 5.56. The van der Waals surface area contributed by atoms with Crippen molar-refractivity contribution in [1.29, 1.82) is 0 Å². The molecule has 2 radical (unpaired) electrons. The molecule has 0 amide bonds. The van der Waals surface area contributed by atoms with Crippen molar-refractivity contribution in [3.05, 3.63) is 6.54 Å². The third kappa shape index (κ3) is 0.816. The number of likely N-dealkylation sites (N-methyl/N-ethyl adjacent to an activating group) is 1. The molecule has 0 aromatic rings. The molecule has 3 nitrogen and oxygen atoms in total. The first-order chi connectivity index (χ1) is 3.84. The van der Waals surface area contributed by atoms with Gasteiger partial charge in [-0.15, -0.1) is 0 Å². The van der Waals surface area contributed by atoms with E-state index in [1.54, 1.807) is 13.4 Å². The highest BCUT2D eigenvalue weighted by Gasteiger charge is 2.15. The SMILES string of the molecule is COC1[C]N=CN1C. The van der Waals surface area contributed by atoms with Gasteiger partial charge in [0.25, 0.3) is 0 Å². The molecule has 1 rings (SSSR count). The number of methoxy groups -OCH3 is 1. The van der Waals surface area contributed by atoms with Crippen LogP contribution in [0.25, 0.3) is 0 Å². The zero-order valence-corrected chi connectivity index (χ0v) is 4.96. The minimum atomic E-state index is -0.0741. The number of rotatable bonds is 1. The predicted octanol–water partition coefficient (Wildman–Crippen LogP) is -0.0286. The van der Waals surface area contributed by atoms with Crippen LogP contribution in [-0.2, 0) is 4.74 Å². The van der Waals surface area contributed by atoms with E-state index in [2.05, 4.69) is 11.5 Å². The van der Waals surface area contributed by atoms with Gasteiger partial charge in [-0.25, -0.2) is 0 Å². The Kier molecular flexibility index (Phi) is 1.48. The quantitative estimate of drug-likeness (QED) is 0.476. The molecular weight excluding hydrogens is 104 g/mol. The fourth-order valence-electron chi connectivity index (χ4n) is 0.559. The van der Waals surface area contributed by atoms with Crippen LogP contribution < -0.4 is 0 Å². The molecule has 0 saturated carbocycles. The molecule has 1 aliphatic heterocycles. The molecule has 0 aliphatic carbocycles. The predicted molar refractivity (Wildman–Crippen MR) is 30.3 cm³/mol. The standard InChI is InChI=1S/C5H8N2O/c1-7-4-6-3-5(7)8-2/h4-5H,1-2H3. The van der Waals surface area contributed by atoms with E-state index in [4.69, 9.17) is 4.74 Å². The van der Waals surface area contributed by atoms with Crippen molar-refractivity contribution in [3.63, 3.8) is 0 Å². The van der Waals surface area contributed by atoms with E-state index < -0.39 is 0 Å². The van der Waals surface area contributed by atoms with E-state index in [-0.39, 0.29) is 6.23 Å². The second-order valence-corrected chi connectivity index (χ2v) is 1.63. The van der Waals surface area contributed by atoms with Gasteiger partial charge in [0.2, 0.25) is 0 Å². The molecule has 1 unspecified atom stereocenters. The molecule has 1 heterocycles. The monoisotopic (exact) mass is 112 g/mol. The molecule has 1 atom stereocenters. The lowest BCUT2D eigenvalue weighted by Gasteiger charge is -2.14. The average Bonchev–Trinajstić information content (AvgIpc) is 2.14. The zero-order valence-electron chi connectivity index (χ0n) is 4.96. The van der Waals surface area contributed by atoms with Gasteiger partial charge in [0, 0.05) is 14.2 Å². The minimum absolute atomic E-state index is 0.0741. The highest BCUT2D eigenvalue weighted by Crippen LogP contribution is 2.05. The first-order valence-corrected chi connectivity index (χ1v) is 2.38. The Morgan fingerprint density at radius 2 is 2.62 bits per heavy atom. The summed E-state index contributed by atoms with van der Waals surface area (Å²) in [6, 6.07) is 0. The summed E-state index contributed by atoms with van der Waals surface area (Å²) in [4.78, 5) is 5.58. The van der Waals surface area contributed by atoms with Crippen molar-refractivity contribution in [3.8, 4) is 0 Å². The lowest BCUT2D eigenvalue weighted by Crippen LogP contribution is -2.26. The number of ether oxygens (including phenoxy) is 1. The summed E-state index contributed by atoms with van der Waals surface area (Å²) in [6.45, 7) is 2.73. The topological polar surface area (TPSA) is 24.8 Å². The Morgan fingerprint density at radius 1 is 1.88 bits per heavy atom. The van der Waals surface area contributed by atoms with Crippen molar-refractivity contribution in [2.45, 2.75) is 6.23 Å². The Morgan fingerprint density at radius 3 is 2.88 bits per heavy atom. The van der Waals surface area contributed by atoms with Crippen LogP contribution in [0.3, 0.4) is 0 Å². The zero-order chi connectivity index (χ0) is 5.98. The Hall–Kier alpha value is -0.570. The fourth-order valence-corrected chi connectivity index (χ4v) is 0.559. The van der Waals surface area contributed by atoms with Gasteiger partial charge in [-0.05, 0) is 0 Å².